The molecule has 1 unspecified atom stereocenters. The maximum Gasteiger partial charge on any atom is 0.241 e. The first kappa shape index (κ1) is 19.2. The van der Waals surface area contributed by atoms with Crippen LogP contribution < -0.4 is 11.1 Å². The van der Waals surface area contributed by atoms with Gasteiger partial charge in [0.15, 0.2) is 0 Å². The number of halogens is 1. The molecular formula is C18H23ClN2O2. The monoisotopic (exact) mass is 334 g/mol. The molecule has 0 aromatic heterocycles. The summed E-state index contributed by atoms with van der Waals surface area (Å²) in [4.78, 5) is 12.2. The predicted octanol–water partition coefficient (Wildman–Crippen LogP) is 2.88. The third-order valence-electron chi connectivity index (χ3n) is 3.49. The first-order valence-electron chi connectivity index (χ1n) is 7.27. The summed E-state index contributed by atoms with van der Waals surface area (Å²) in [6, 6.07) is 15.0. The van der Waals surface area contributed by atoms with Crippen LogP contribution >= 0.6 is 12.4 Å². The van der Waals surface area contributed by atoms with Gasteiger partial charge in [-0.1, -0.05) is 54.1 Å². The van der Waals surface area contributed by atoms with Crippen molar-refractivity contribution >= 4 is 18.3 Å². The molecule has 1 atom stereocenters. The largest absolute Gasteiger partial charge is 0.380 e. The Morgan fingerprint density at radius 1 is 1.17 bits per heavy atom. The van der Waals surface area contributed by atoms with Crippen LogP contribution in [0.15, 0.2) is 48.5 Å². The molecule has 0 aliphatic carbocycles. The lowest BCUT2D eigenvalue weighted by Crippen LogP contribution is -2.33. The quantitative estimate of drug-likeness (QED) is 0.853. The second-order valence-corrected chi connectivity index (χ2v) is 5.36. The van der Waals surface area contributed by atoms with Crippen LogP contribution in [-0.4, -0.2) is 13.0 Å². The van der Waals surface area contributed by atoms with Crippen molar-refractivity contribution in [2.24, 2.45) is 5.73 Å². The molecule has 3 N–H and O–H groups in total. The Bertz CT molecular complexity index is 629. The van der Waals surface area contributed by atoms with Crippen molar-refractivity contribution in [2.45, 2.75) is 26.1 Å². The van der Waals surface area contributed by atoms with E-state index in [9.17, 15) is 4.79 Å². The number of rotatable bonds is 6. The summed E-state index contributed by atoms with van der Waals surface area (Å²) in [5.74, 6) is -0.180. The summed E-state index contributed by atoms with van der Waals surface area (Å²) >= 11 is 0. The van der Waals surface area contributed by atoms with Gasteiger partial charge in [0.2, 0.25) is 5.91 Å². The Labute approximate surface area is 143 Å². The van der Waals surface area contributed by atoms with E-state index in [1.165, 1.54) is 0 Å². The summed E-state index contributed by atoms with van der Waals surface area (Å²) in [7, 11) is 1.66. The lowest BCUT2D eigenvalue weighted by Gasteiger charge is -2.13. The highest BCUT2D eigenvalue weighted by molar-refractivity contribution is 5.85. The number of hydrogen-bond donors (Lipinski definition) is 2. The zero-order valence-corrected chi connectivity index (χ0v) is 14.2. The van der Waals surface area contributed by atoms with Crippen LogP contribution in [0.5, 0.6) is 0 Å². The minimum Gasteiger partial charge on any atom is -0.380 e. The van der Waals surface area contributed by atoms with E-state index in [0.717, 1.165) is 22.3 Å². The zero-order valence-electron chi connectivity index (χ0n) is 13.4. The standard InChI is InChI=1S/C18H22N2O2.ClH/c1-13-6-8-16(9-7-13)17(19)18(21)20-11-14-4-3-5-15(10-14)12-22-2;/h3-10,17H,11-12,19H2,1-2H3,(H,20,21);1H. The molecule has 0 fully saturated rings. The minimum atomic E-state index is -0.650. The van der Waals surface area contributed by atoms with Crippen molar-refractivity contribution in [1.82, 2.24) is 5.32 Å². The van der Waals surface area contributed by atoms with Crippen LogP contribution in [0, 0.1) is 6.92 Å². The molecule has 2 aromatic rings. The molecule has 0 aliphatic rings. The van der Waals surface area contributed by atoms with Gasteiger partial charge in [-0.05, 0) is 23.6 Å². The van der Waals surface area contributed by atoms with Crippen molar-refractivity contribution in [3.05, 3.63) is 70.8 Å². The molecule has 4 nitrogen and oxygen atoms in total. The molecule has 23 heavy (non-hydrogen) atoms. The average Bonchev–Trinajstić information content (AvgIpc) is 2.53. The molecule has 5 heteroatoms. The van der Waals surface area contributed by atoms with Gasteiger partial charge >= 0.3 is 0 Å². The normalized spacial score (nSPS) is 11.4. The molecule has 0 saturated heterocycles. The number of benzene rings is 2. The summed E-state index contributed by atoms with van der Waals surface area (Å²) in [6.07, 6.45) is 0. The Kier molecular flexibility index (Phi) is 7.75. The Morgan fingerprint density at radius 2 is 1.83 bits per heavy atom. The number of methoxy groups -OCH3 is 1. The first-order valence-corrected chi connectivity index (χ1v) is 7.27. The molecule has 0 aliphatic heterocycles. The molecule has 2 rings (SSSR count). The highest BCUT2D eigenvalue weighted by Crippen LogP contribution is 2.12. The van der Waals surface area contributed by atoms with Gasteiger partial charge in [0.05, 0.1) is 6.61 Å². The lowest BCUT2D eigenvalue weighted by atomic mass is 10.1. The highest BCUT2D eigenvalue weighted by Gasteiger charge is 2.15. The lowest BCUT2D eigenvalue weighted by molar-refractivity contribution is -0.122. The predicted molar refractivity (Wildman–Crippen MR) is 94.4 cm³/mol. The van der Waals surface area contributed by atoms with Gasteiger partial charge in [0.25, 0.3) is 0 Å². The van der Waals surface area contributed by atoms with Gasteiger partial charge in [-0.25, -0.2) is 0 Å². The summed E-state index contributed by atoms with van der Waals surface area (Å²) in [6.45, 7) is 3.02. The molecule has 1 amide bonds. The van der Waals surface area contributed by atoms with Crippen molar-refractivity contribution in [2.75, 3.05) is 7.11 Å². The van der Waals surface area contributed by atoms with Gasteiger partial charge in [0.1, 0.15) is 6.04 Å². The maximum absolute atomic E-state index is 12.2. The van der Waals surface area contributed by atoms with Gasteiger partial charge in [-0.3, -0.25) is 4.79 Å². The second kappa shape index (κ2) is 9.30. The first-order chi connectivity index (χ1) is 10.6. The number of carbonyl (C=O) groups is 1. The average molecular weight is 335 g/mol. The van der Waals surface area contributed by atoms with E-state index in [2.05, 4.69) is 5.32 Å². The fraction of sp³-hybridized carbons (Fsp3) is 0.278. The van der Waals surface area contributed by atoms with Crippen LogP contribution in [0.25, 0.3) is 0 Å². The summed E-state index contributed by atoms with van der Waals surface area (Å²) < 4.78 is 5.11. The van der Waals surface area contributed by atoms with E-state index in [-0.39, 0.29) is 18.3 Å². The maximum atomic E-state index is 12.2. The number of ether oxygens (including phenoxy) is 1. The fourth-order valence-electron chi connectivity index (χ4n) is 2.22. The number of nitrogens with one attached hydrogen (secondary N) is 1. The van der Waals surface area contributed by atoms with Crippen LogP contribution in [0.4, 0.5) is 0 Å². The number of aryl methyl sites for hydroxylation is 1. The third kappa shape index (κ3) is 5.67. The van der Waals surface area contributed by atoms with Crippen molar-refractivity contribution in [3.63, 3.8) is 0 Å². The van der Waals surface area contributed by atoms with Gasteiger partial charge in [-0.2, -0.15) is 0 Å². The van der Waals surface area contributed by atoms with E-state index in [4.69, 9.17) is 10.5 Å². The van der Waals surface area contributed by atoms with Gasteiger partial charge in [-0.15, -0.1) is 12.4 Å². The van der Waals surface area contributed by atoms with E-state index < -0.39 is 6.04 Å². The number of hydrogen-bond acceptors (Lipinski definition) is 3. The van der Waals surface area contributed by atoms with Crippen molar-refractivity contribution in [3.8, 4) is 0 Å². The molecule has 0 spiro atoms. The second-order valence-electron chi connectivity index (χ2n) is 5.36. The molecule has 0 saturated carbocycles. The van der Waals surface area contributed by atoms with Crippen LogP contribution in [0.1, 0.15) is 28.3 Å². The number of amides is 1. The van der Waals surface area contributed by atoms with Crippen LogP contribution in [0.2, 0.25) is 0 Å². The number of carbonyl (C=O) groups excluding carboxylic acids is 1. The van der Waals surface area contributed by atoms with E-state index >= 15 is 0 Å². The van der Waals surface area contributed by atoms with Crippen molar-refractivity contribution < 1.29 is 9.53 Å². The van der Waals surface area contributed by atoms with Gasteiger partial charge < -0.3 is 15.8 Å². The molecule has 0 heterocycles. The molecule has 0 bridgehead atoms. The Hall–Kier alpha value is -1.88. The zero-order chi connectivity index (χ0) is 15.9. The van der Waals surface area contributed by atoms with E-state index in [1.807, 2.05) is 55.5 Å². The van der Waals surface area contributed by atoms with Gasteiger partial charge in [0, 0.05) is 13.7 Å². The third-order valence-corrected chi connectivity index (χ3v) is 3.49. The van der Waals surface area contributed by atoms with E-state index in [0.29, 0.717) is 13.2 Å². The van der Waals surface area contributed by atoms with Crippen molar-refractivity contribution in [1.29, 1.82) is 0 Å². The topological polar surface area (TPSA) is 64.3 Å². The summed E-state index contributed by atoms with van der Waals surface area (Å²) in [5, 5.41) is 2.88. The molecule has 2 aromatic carbocycles. The smallest absolute Gasteiger partial charge is 0.241 e. The van der Waals surface area contributed by atoms with Crippen LogP contribution in [-0.2, 0) is 22.7 Å². The summed E-state index contributed by atoms with van der Waals surface area (Å²) in [5.41, 5.74) is 10.1. The van der Waals surface area contributed by atoms with E-state index in [1.54, 1.807) is 7.11 Å². The molecule has 124 valence electrons. The Balaban J connectivity index is 0.00000264. The number of nitrogens with two attached hydrogens (primary N) is 1. The molecule has 0 radical (unpaired) electrons. The SMILES string of the molecule is COCc1cccc(CNC(=O)C(N)c2ccc(C)cc2)c1.Cl. The molecular weight excluding hydrogens is 312 g/mol. The fourth-order valence-corrected chi connectivity index (χ4v) is 2.22. The highest BCUT2D eigenvalue weighted by atomic mass is 35.5. The van der Waals surface area contributed by atoms with Crippen LogP contribution in [0.3, 0.4) is 0 Å². The minimum absolute atomic E-state index is 0. The Morgan fingerprint density at radius 3 is 2.48 bits per heavy atom.